The van der Waals surface area contributed by atoms with Crippen molar-refractivity contribution in [2.45, 2.75) is 32.2 Å². The highest BCUT2D eigenvalue weighted by Gasteiger charge is 2.11. The fourth-order valence-electron chi connectivity index (χ4n) is 1.28. The minimum atomic E-state index is -0.465. The van der Waals surface area contributed by atoms with Gasteiger partial charge in [0.25, 0.3) is 0 Å². The van der Waals surface area contributed by atoms with Crippen LogP contribution in [-0.2, 0) is 6.42 Å². The highest BCUT2D eigenvalue weighted by Crippen LogP contribution is 2.14. The third-order valence-electron chi connectivity index (χ3n) is 2.21. The van der Waals surface area contributed by atoms with E-state index in [1.165, 1.54) is 6.07 Å². The summed E-state index contributed by atoms with van der Waals surface area (Å²) < 4.78 is 13.0. The molecule has 3 heteroatoms. The van der Waals surface area contributed by atoms with E-state index in [9.17, 15) is 4.39 Å². The SMILES string of the molecule is CC(C)(N)CCc1ccc(F)c(C#N)c1. The highest BCUT2D eigenvalue weighted by molar-refractivity contribution is 5.34. The molecule has 1 rings (SSSR count). The second kappa shape index (κ2) is 4.41. The molecular weight excluding hydrogens is 191 g/mol. The van der Waals surface area contributed by atoms with E-state index < -0.39 is 5.82 Å². The fourth-order valence-corrected chi connectivity index (χ4v) is 1.28. The van der Waals surface area contributed by atoms with Crippen LogP contribution in [0.5, 0.6) is 0 Å². The molecule has 2 nitrogen and oxygen atoms in total. The number of rotatable bonds is 3. The molecule has 0 bridgehead atoms. The summed E-state index contributed by atoms with van der Waals surface area (Å²) in [5.74, 6) is -0.465. The van der Waals surface area contributed by atoms with Crippen LogP contribution in [0.1, 0.15) is 31.4 Å². The highest BCUT2D eigenvalue weighted by atomic mass is 19.1. The van der Waals surface area contributed by atoms with Crippen molar-refractivity contribution in [1.82, 2.24) is 0 Å². The molecular formula is C12H15FN2. The first kappa shape index (κ1) is 11.7. The predicted octanol–water partition coefficient (Wildman–Crippen LogP) is 2.37. The molecule has 0 atom stereocenters. The summed E-state index contributed by atoms with van der Waals surface area (Å²) >= 11 is 0. The van der Waals surface area contributed by atoms with Crippen molar-refractivity contribution in [3.05, 3.63) is 35.1 Å². The van der Waals surface area contributed by atoms with Gasteiger partial charge in [0, 0.05) is 5.54 Å². The molecule has 0 radical (unpaired) electrons. The van der Waals surface area contributed by atoms with Crippen molar-refractivity contribution < 1.29 is 4.39 Å². The monoisotopic (exact) mass is 206 g/mol. The summed E-state index contributed by atoms with van der Waals surface area (Å²) in [7, 11) is 0. The molecule has 0 amide bonds. The second-order valence-electron chi connectivity index (χ2n) is 4.41. The summed E-state index contributed by atoms with van der Waals surface area (Å²) in [5, 5.41) is 8.66. The van der Waals surface area contributed by atoms with Gasteiger partial charge in [0.15, 0.2) is 0 Å². The first-order chi connectivity index (χ1) is 6.92. The zero-order valence-corrected chi connectivity index (χ0v) is 9.05. The minimum Gasteiger partial charge on any atom is -0.326 e. The Bertz CT molecular complexity index is 386. The summed E-state index contributed by atoms with van der Waals surface area (Å²) in [4.78, 5) is 0. The van der Waals surface area contributed by atoms with E-state index in [0.717, 1.165) is 18.4 Å². The largest absolute Gasteiger partial charge is 0.326 e. The number of aryl methyl sites for hydroxylation is 1. The molecule has 0 aromatic heterocycles. The Morgan fingerprint density at radius 1 is 1.47 bits per heavy atom. The van der Waals surface area contributed by atoms with Crippen LogP contribution in [0.4, 0.5) is 4.39 Å². The van der Waals surface area contributed by atoms with Crippen LogP contribution >= 0.6 is 0 Å². The molecule has 1 aromatic carbocycles. The lowest BCUT2D eigenvalue weighted by atomic mass is 9.96. The number of hydrogen-bond donors (Lipinski definition) is 1. The zero-order chi connectivity index (χ0) is 11.5. The maximum absolute atomic E-state index is 13.0. The third kappa shape index (κ3) is 3.69. The number of halogens is 1. The van der Waals surface area contributed by atoms with Gasteiger partial charge in [-0.2, -0.15) is 5.26 Å². The predicted molar refractivity (Wildman–Crippen MR) is 57.7 cm³/mol. The molecule has 0 fully saturated rings. The minimum absolute atomic E-state index is 0.0994. The van der Waals surface area contributed by atoms with Crippen LogP contribution < -0.4 is 5.73 Å². The molecule has 2 N–H and O–H groups in total. The lowest BCUT2D eigenvalue weighted by molar-refractivity contribution is 0.476. The number of nitrogens with two attached hydrogens (primary N) is 1. The van der Waals surface area contributed by atoms with E-state index in [1.807, 2.05) is 19.9 Å². The van der Waals surface area contributed by atoms with Gasteiger partial charge in [-0.3, -0.25) is 0 Å². The molecule has 0 saturated heterocycles. The van der Waals surface area contributed by atoms with Crippen molar-refractivity contribution in [2.75, 3.05) is 0 Å². The van der Waals surface area contributed by atoms with Gasteiger partial charge in [-0.15, -0.1) is 0 Å². The van der Waals surface area contributed by atoms with Gasteiger partial charge in [-0.1, -0.05) is 6.07 Å². The molecule has 0 spiro atoms. The molecule has 0 aliphatic heterocycles. The Balaban J connectivity index is 2.76. The topological polar surface area (TPSA) is 49.8 Å². The van der Waals surface area contributed by atoms with Crippen molar-refractivity contribution in [2.24, 2.45) is 5.73 Å². The van der Waals surface area contributed by atoms with Crippen LogP contribution in [0.2, 0.25) is 0 Å². The van der Waals surface area contributed by atoms with Crippen LogP contribution in [-0.4, -0.2) is 5.54 Å². The van der Waals surface area contributed by atoms with Gasteiger partial charge < -0.3 is 5.73 Å². The average molecular weight is 206 g/mol. The molecule has 15 heavy (non-hydrogen) atoms. The standard InChI is InChI=1S/C12H15FN2/c1-12(2,15)6-5-9-3-4-11(13)10(7-9)8-14/h3-4,7H,5-6,15H2,1-2H3. The maximum atomic E-state index is 13.0. The molecule has 80 valence electrons. The van der Waals surface area contributed by atoms with Crippen LogP contribution in [0.3, 0.4) is 0 Å². The van der Waals surface area contributed by atoms with Crippen LogP contribution in [0.25, 0.3) is 0 Å². The smallest absolute Gasteiger partial charge is 0.140 e. The van der Waals surface area contributed by atoms with Gasteiger partial charge in [-0.25, -0.2) is 4.39 Å². The number of nitrogens with zero attached hydrogens (tertiary/aromatic N) is 1. The average Bonchev–Trinajstić information content (AvgIpc) is 2.15. The Labute approximate surface area is 89.5 Å². The van der Waals surface area contributed by atoms with E-state index in [4.69, 9.17) is 11.0 Å². The van der Waals surface area contributed by atoms with E-state index in [2.05, 4.69) is 0 Å². The van der Waals surface area contributed by atoms with Gasteiger partial charge in [-0.05, 0) is 44.4 Å². The first-order valence-electron chi connectivity index (χ1n) is 4.90. The zero-order valence-electron chi connectivity index (χ0n) is 9.05. The number of nitriles is 1. The lowest BCUT2D eigenvalue weighted by Crippen LogP contribution is -2.32. The van der Waals surface area contributed by atoms with Gasteiger partial charge in [0.2, 0.25) is 0 Å². The molecule has 0 aliphatic rings. The maximum Gasteiger partial charge on any atom is 0.140 e. The Hall–Kier alpha value is -1.40. The lowest BCUT2D eigenvalue weighted by Gasteiger charge is -2.17. The van der Waals surface area contributed by atoms with E-state index >= 15 is 0 Å². The Kier molecular flexibility index (Phi) is 3.43. The number of hydrogen-bond acceptors (Lipinski definition) is 2. The van der Waals surface area contributed by atoms with Crippen molar-refractivity contribution in [1.29, 1.82) is 5.26 Å². The Morgan fingerprint density at radius 3 is 2.67 bits per heavy atom. The van der Waals surface area contributed by atoms with E-state index in [0.29, 0.717) is 0 Å². The summed E-state index contributed by atoms with van der Waals surface area (Å²) in [5.41, 5.74) is 6.66. The van der Waals surface area contributed by atoms with Crippen LogP contribution in [0, 0.1) is 17.1 Å². The van der Waals surface area contributed by atoms with Gasteiger partial charge >= 0.3 is 0 Å². The quantitative estimate of drug-likeness (QED) is 0.825. The summed E-state index contributed by atoms with van der Waals surface area (Å²) in [6, 6.07) is 6.44. The van der Waals surface area contributed by atoms with E-state index in [1.54, 1.807) is 12.1 Å². The second-order valence-corrected chi connectivity index (χ2v) is 4.41. The summed E-state index contributed by atoms with van der Waals surface area (Å²) in [6.45, 7) is 3.89. The first-order valence-corrected chi connectivity index (χ1v) is 4.90. The fraction of sp³-hybridized carbons (Fsp3) is 0.417. The number of benzene rings is 1. The summed E-state index contributed by atoms with van der Waals surface area (Å²) in [6.07, 6.45) is 1.57. The van der Waals surface area contributed by atoms with Crippen molar-refractivity contribution in [3.8, 4) is 6.07 Å². The third-order valence-corrected chi connectivity index (χ3v) is 2.21. The molecule has 0 unspecified atom stereocenters. The van der Waals surface area contributed by atoms with Crippen LogP contribution in [0.15, 0.2) is 18.2 Å². The van der Waals surface area contributed by atoms with Gasteiger partial charge in [0.05, 0.1) is 5.56 Å². The normalized spacial score (nSPS) is 11.1. The molecule has 1 aromatic rings. The van der Waals surface area contributed by atoms with Crippen molar-refractivity contribution >= 4 is 0 Å². The van der Waals surface area contributed by atoms with Crippen molar-refractivity contribution in [3.63, 3.8) is 0 Å². The molecule has 0 heterocycles. The van der Waals surface area contributed by atoms with Gasteiger partial charge in [0.1, 0.15) is 11.9 Å². The molecule has 0 saturated carbocycles. The van der Waals surface area contributed by atoms with E-state index in [-0.39, 0.29) is 11.1 Å². The Morgan fingerprint density at radius 2 is 2.13 bits per heavy atom. The molecule has 0 aliphatic carbocycles.